The van der Waals surface area contributed by atoms with Gasteiger partial charge in [0.15, 0.2) is 5.96 Å². The third-order valence-electron chi connectivity index (χ3n) is 3.51. The number of hydrogen-bond acceptors (Lipinski definition) is 4. The molecule has 118 valence electrons. The van der Waals surface area contributed by atoms with Gasteiger partial charge < -0.3 is 19.7 Å². The van der Waals surface area contributed by atoms with Gasteiger partial charge in [0.2, 0.25) is 0 Å². The number of aliphatic hydroxyl groups is 1. The second-order valence-electron chi connectivity index (χ2n) is 5.07. The lowest BCUT2D eigenvalue weighted by molar-refractivity contribution is 0.158. The van der Waals surface area contributed by atoms with Crippen LogP contribution in [0.2, 0.25) is 0 Å². The number of nitrogens with one attached hydrogen (secondary N) is 1. The normalized spacial score (nSPS) is 21.4. The monoisotopic (exact) mass is 311 g/mol. The van der Waals surface area contributed by atoms with Crippen LogP contribution in [-0.2, 0) is 0 Å². The van der Waals surface area contributed by atoms with Crippen LogP contribution < -0.4 is 5.32 Å². The Labute approximate surface area is 130 Å². The summed E-state index contributed by atoms with van der Waals surface area (Å²) in [6.45, 7) is 7.46. The van der Waals surface area contributed by atoms with E-state index in [2.05, 4.69) is 29.1 Å². The van der Waals surface area contributed by atoms with Crippen molar-refractivity contribution in [3.63, 3.8) is 0 Å². The van der Waals surface area contributed by atoms with E-state index < -0.39 is 6.10 Å². The smallest absolute Gasteiger partial charge is 0.194 e. The highest BCUT2D eigenvalue weighted by molar-refractivity contribution is 8.00. The van der Waals surface area contributed by atoms with Crippen molar-refractivity contribution in [2.24, 2.45) is 4.99 Å². The molecule has 5 nitrogen and oxygen atoms in total. The summed E-state index contributed by atoms with van der Waals surface area (Å²) in [5, 5.41) is 14.1. The second kappa shape index (κ2) is 8.34. The fourth-order valence-corrected chi connectivity index (χ4v) is 3.51. The van der Waals surface area contributed by atoms with Crippen molar-refractivity contribution in [3.8, 4) is 0 Å². The Balaban J connectivity index is 1.98. The molecule has 2 rings (SSSR count). The minimum atomic E-state index is -0.685. The molecule has 1 aromatic rings. The van der Waals surface area contributed by atoms with Gasteiger partial charge in [0.1, 0.15) is 11.9 Å². The first-order chi connectivity index (χ1) is 10.2. The molecule has 2 heterocycles. The predicted molar refractivity (Wildman–Crippen MR) is 87.8 cm³/mol. The van der Waals surface area contributed by atoms with Crippen LogP contribution in [0.1, 0.15) is 32.1 Å². The van der Waals surface area contributed by atoms with E-state index >= 15 is 0 Å². The summed E-state index contributed by atoms with van der Waals surface area (Å²) < 4.78 is 5.21. The van der Waals surface area contributed by atoms with Gasteiger partial charge in [-0.3, -0.25) is 0 Å². The maximum Gasteiger partial charge on any atom is 0.194 e. The third-order valence-corrected chi connectivity index (χ3v) is 4.89. The number of hydrogen-bond donors (Lipinski definition) is 2. The standard InChI is InChI=1S/C15H25N3O2S/c1-3-12-11-18(7-9-21-12)15(16-4-2)17-10-13(19)14-6-5-8-20-14/h5-6,8,12-13,19H,3-4,7,9-11H2,1-2H3,(H,16,17). The summed E-state index contributed by atoms with van der Waals surface area (Å²) in [6, 6.07) is 3.55. The third kappa shape index (κ3) is 4.68. The van der Waals surface area contributed by atoms with Crippen LogP contribution in [0.5, 0.6) is 0 Å². The van der Waals surface area contributed by atoms with E-state index in [1.54, 1.807) is 18.4 Å². The Bertz CT molecular complexity index is 436. The topological polar surface area (TPSA) is 61.0 Å². The summed E-state index contributed by atoms with van der Waals surface area (Å²) in [7, 11) is 0. The molecule has 0 aromatic carbocycles. The highest BCUT2D eigenvalue weighted by Gasteiger charge is 2.21. The molecule has 0 saturated carbocycles. The average molecular weight is 311 g/mol. The number of aliphatic imine (C=N–C) groups is 1. The van der Waals surface area contributed by atoms with E-state index in [4.69, 9.17) is 4.42 Å². The highest BCUT2D eigenvalue weighted by Crippen LogP contribution is 2.21. The number of nitrogens with zero attached hydrogens (tertiary/aromatic N) is 2. The van der Waals surface area contributed by atoms with Crippen LogP contribution in [0.4, 0.5) is 0 Å². The van der Waals surface area contributed by atoms with Gasteiger partial charge in [0.25, 0.3) is 0 Å². The molecule has 0 amide bonds. The van der Waals surface area contributed by atoms with Crippen LogP contribution in [-0.4, -0.2) is 53.1 Å². The van der Waals surface area contributed by atoms with Crippen molar-refractivity contribution in [1.29, 1.82) is 0 Å². The lowest BCUT2D eigenvalue weighted by Crippen LogP contribution is -2.48. The molecule has 0 spiro atoms. The quantitative estimate of drug-likeness (QED) is 0.644. The van der Waals surface area contributed by atoms with Crippen molar-refractivity contribution in [1.82, 2.24) is 10.2 Å². The zero-order valence-electron chi connectivity index (χ0n) is 12.8. The first kappa shape index (κ1) is 16.2. The van der Waals surface area contributed by atoms with Crippen molar-refractivity contribution < 1.29 is 9.52 Å². The molecule has 1 aliphatic rings. The fourth-order valence-electron chi connectivity index (χ4n) is 2.33. The molecule has 1 fully saturated rings. The zero-order chi connectivity index (χ0) is 15.1. The fraction of sp³-hybridized carbons (Fsp3) is 0.667. The second-order valence-corrected chi connectivity index (χ2v) is 6.48. The highest BCUT2D eigenvalue weighted by atomic mass is 32.2. The average Bonchev–Trinajstić information content (AvgIpc) is 3.05. The molecule has 1 aromatic heterocycles. The Hall–Kier alpha value is -1.14. The molecule has 0 radical (unpaired) electrons. The predicted octanol–water partition coefficient (Wildman–Crippen LogP) is 2.11. The lowest BCUT2D eigenvalue weighted by atomic mass is 10.3. The molecule has 2 N–H and O–H groups in total. The molecule has 0 aliphatic carbocycles. The van der Waals surface area contributed by atoms with Crippen LogP contribution in [0.3, 0.4) is 0 Å². The van der Waals surface area contributed by atoms with Gasteiger partial charge in [-0.1, -0.05) is 6.92 Å². The molecule has 6 heteroatoms. The Morgan fingerprint density at radius 3 is 3.14 bits per heavy atom. The van der Waals surface area contributed by atoms with Gasteiger partial charge in [0, 0.05) is 30.6 Å². The van der Waals surface area contributed by atoms with Gasteiger partial charge in [0.05, 0.1) is 12.8 Å². The summed E-state index contributed by atoms with van der Waals surface area (Å²) in [4.78, 5) is 6.87. The minimum Gasteiger partial charge on any atom is -0.467 e. The number of guanidine groups is 1. The van der Waals surface area contributed by atoms with Gasteiger partial charge in [-0.2, -0.15) is 11.8 Å². The zero-order valence-corrected chi connectivity index (χ0v) is 13.6. The molecule has 0 bridgehead atoms. The van der Waals surface area contributed by atoms with Gasteiger partial charge >= 0.3 is 0 Å². The number of furan rings is 1. The van der Waals surface area contributed by atoms with Gasteiger partial charge in [-0.05, 0) is 25.5 Å². The first-order valence-corrected chi connectivity index (χ1v) is 8.65. The maximum absolute atomic E-state index is 10.1. The molecule has 1 aliphatic heterocycles. The van der Waals surface area contributed by atoms with E-state index in [1.807, 2.05) is 11.8 Å². The Kier molecular flexibility index (Phi) is 6.45. The van der Waals surface area contributed by atoms with E-state index in [0.29, 0.717) is 17.6 Å². The van der Waals surface area contributed by atoms with E-state index in [-0.39, 0.29) is 0 Å². The SMILES string of the molecule is CCNC(=NCC(O)c1ccco1)N1CCSC(CC)C1. The number of aliphatic hydroxyl groups excluding tert-OH is 1. The Morgan fingerprint density at radius 2 is 2.48 bits per heavy atom. The van der Waals surface area contributed by atoms with E-state index in [1.165, 1.54) is 6.42 Å². The molecular formula is C15H25N3O2S. The van der Waals surface area contributed by atoms with Gasteiger partial charge in [-0.15, -0.1) is 0 Å². The van der Waals surface area contributed by atoms with Crippen molar-refractivity contribution in [2.45, 2.75) is 31.6 Å². The summed E-state index contributed by atoms with van der Waals surface area (Å²) in [5.41, 5.74) is 0. The molecule has 2 unspecified atom stereocenters. The van der Waals surface area contributed by atoms with E-state index in [9.17, 15) is 5.11 Å². The van der Waals surface area contributed by atoms with Crippen LogP contribution in [0.25, 0.3) is 0 Å². The summed E-state index contributed by atoms with van der Waals surface area (Å²) in [6.07, 6.45) is 2.06. The first-order valence-electron chi connectivity index (χ1n) is 7.60. The largest absolute Gasteiger partial charge is 0.467 e. The van der Waals surface area contributed by atoms with E-state index in [0.717, 1.165) is 31.3 Å². The number of rotatable bonds is 5. The Morgan fingerprint density at radius 1 is 1.62 bits per heavy atom. The van der Waals surface area contributed by atoms with Crippen LogP contribution in [0.15, 0.2) is 27.8 Å². The van der Waals surface area contributed by atoms with Gasteiger partial charge in [-0.25, -0.2) is 4.99 Å². The number of thioether (sulfide) groups is 1. The molecular weight excluding hydrogens is 286 g/mol. The van der Waals surface area contributed by atoms with Crippen molar-refractivity contribution in [2.75, 3.05) is 31.9 Å². The summed E-state index contributed by atoms with van der Waals surface area (Å²) in [5.74, 6) is 2.58. The lowest BCUT2D eigenvalue weighted by Gasteiger charge is -2.34. The maximum atomic E-state index is 10.1. The van der Waals surface area contributed by atoms with Crippen molar-refractivity contribution >= 4 is 17.7 Å². The minimum absolute atomic E-state index is 0.316. The summed E-state index contributed by atoms with van der Waals surface area (Å²) >= 11 is 2.04. The van der Waals surface area contributed by atoms with Crippen LogP contribution >= 0.6 is 11.8 Å². The molecule has 21 heavy (non-hydrogen) atoms. The molecule has 2 atom stereocenters. The van der Waals surface area contributed by atoms with Crippen LogP contribution in [0, 0.1) is 0 Å². The van der Waals surface area contributed by atoms with Crippen molar-refractivity contribution in [3.05, 3.63) is 24.2 Å². The molecule has 1 saturated heterocycles.